The number of rotatable bonds is 3. The molecule has 1 amide bonds. The van der Waals surface area contributed by atoms with Crippen molar-refractivity contribution in [3.8, 4) is 0 Å². The molecule has 2 heterocycles. The smallest absolute Gasteiger partial charge is 0.224 e. The van der Waals surface area contributed by atoms with Crippen LogP contribution in [0.3, 0.4) is 0 Å². The number of carbonyl (C=O) groups excluding carboxylic acids is 1. The first kappa shape index (κ1) is 15.3. The van der Waals surface area contributed by atoms with Crippen LogP contribution in [0.15, 0.2) is 0 Å². The highest BCUT2D eigenvalue weighted by molar-refractivity contribution is 5.79. The van der Waals surface area contributed by atoms with Crippen molar-refractivity contribution >= 4 is 5.91 Å². The van der Waals surface area contributed by atoms with Gasteiger partial charge in [-0.2, -0.15) is 0 Å². The Bertz CT molecular complexity index is 382. The minimum Gasteiger partial charge on any atom is -0.356 e. The van der Waals surface area contributed by atoms with Crippen molar-refractivity contribution < 1.29 is 14.3 Å². The monoisotopic (exact) mass is 296 g/mol. The Kier molecular flexibility index (Phi) is 4.52. The van der Waals surface area contributed by atoms with Gasteiger partial charge in [-0.05, 0) is 32.2 Å². The van der Waals surface area contributed by atoms with Gasteiger partial charge in [0.15, 0.2) is 5.79 Å². The third kappa shape index (κ3) is 3.10. The molecule has 0 bridgehead atoms. The van der Waals surface area contributed by atoms with Crippen LogP contribution in [0.5, 0.6) is 0 Å². The fraction of sp³-hybridized carbons (Fsp3) is 0.938. The number of nitrogens with one attached hydrogen (secondary N) is 1. The maximum atomic E-state index is 12.3. The summed E-state index contributed by atoms with van der Waals surface area (Å²) in [6.07, 6.45) is 5.01. The first-order valence-electron chi connectivity index (χ1n) is 8.39. The minimum absolute atomic E-state index is 0.111. The highest BCUT2D eigenvalue weighted by atomic mass is 16.7. The predicted molar refractivity (Wildman–Crippen MR) is 79.8 cm³/mol. The Hall–Kier alpha value is -0.650. The zero-order valence-corrected chi connectivity index (χ0v) is 13.3. The molecule has 1 aliphatic carbocycles. The zero-order valence-electron chi connectivity index (χ0n) is 13.3. The number of ether oxygens (including phenoxy) is 2. The van der Waals surface area contributed by atoms with Crippen molar-refractivity contribution in [3.05, 3.63) is 0 Å². The molecule has 120 valence electrons. The van der Waals surface area contributed by atoms with Gasteiger partial charge < -0.3 is 19.7 Å². The zero-order chi connectivity index (χ0) is 14.9. The molecular formula is C16H28N2O3. The lowest BCUT2D eigenvalue weighted by atomic mass is 9.72. The fourth-order valence-corrected chi connectivity index (χ4v) is 4.33. The molecule has 2 saturated heterocycles. The van der Waals surface area contributed by atoms with Crippen molar-refractivity contribution in [2.24, 2.45) is 11.8 Å². The third-order valence-corrected chi connectivity index (χ3v) is 5.33. The molecule has 0 aromatic carbocycles. The standard InChI is InChI=1S/C16H28N2O3/c1-3-6-17-15(19)13-9-12-10-16(20-7-8-21-16)5-4-14(12)18(2)11-13/h12-14H,3-11H2,1-2H3,(H,17,19)/t12?,13-,14?/m1/s1. The van der Waals surface area contributed by atoms with E-state index in [0.29, 0.717) is 25.2 Å². The number of hydrogen-bond donors (Lipinski definition) is 1. The van der Waals surface area contributed by atoms with Crippen molar-refractivity contribution in [2.75, 3.05) is 33.4 Å². The van der Waals surface area contributed by atoms with E-state index < -0.39 is 0 Å². The predicted octanol–water partition coefficient (Wildman–Crippen LogP) is 1.38. The molecule has 3 fully saturated rings. The normalized spacial score (nSPS) is 35.6. The van der Waals surface area contributed by atoms with Gasteiger partial charge in [0.25, 0.3) is 0 Å². The molecule has 5 nitrogen and oxygen atoms in total. The van der Waals surface area contributed by atoms with Crippen molar-refractivity contribution in [3.63, 3.8) is 0 Å². The van der Waals surface area contributed by atoms with Crippen LogP contribution in [-0.2, 0) is 14.3 Å². The van der Waals surface area contributed by atoms with Crippen LogP contribution in [0, 0.1) is 11.8 Å². The minimum atomic E-state index is -0.343. The molecule has 0 radical (unpaired) electrons. The van der Waals surface area contributed by atoms with Gasteiger partial charge in [-0.3, -0.25) is 4.79 Å². The van der Waals surface area contributed by atoms with Gasteiger partial charge in [-0.1, -0.05) is 6.92 Å². The second-order valence-corrected chi connectivity index (χ2v) is 6.84. The van der Waals surface area contributed by atoms with E-state index in [2.05, 4.69) is 24.2 Å². The van der Waals surface area contributed by atoms with E-state index in [-0.39, 0.29) is 17.6 Å². The number of nitrogens with zero attached hydrogens (tertiary/aromatic N) is 1. The van der Waals surface area contributed by atoms with Crippen LogP contribution < -0.4 is 5.32 Å². The van der Waals surface area contributed by atoms with Gasteiger partial charge in [-0.15, -0.1) is 0 Å². The molecule has 0 aromatic heterocycles. The molecule has 5 heteroatoms. The van der Waals surface area contributed by atoms with Crippen molar-refractivity contribution in [1.82, 2.24) is 10.2 Å². The van der Waals surface area contributed by atoms with Crippen molar-refractivity contribution in [2.45, 2.75) is 50.9 Å². The lowest BCUT2D eigenvalue weighted by Gasteiger charge is -2.49. The van der Waals surface area contributed by atoms with Gasteiger partial charge in [0.2, 0.25) is 5.91 Å². The second-order valence-electron chi connectivity index (χ2n) is 6.84. The quantitative estimate of drug-likeness (QED) is 0.855. The van der Waals surface area contributed by atoms with Gasteiger partial charge in [0, 0.05) is 32.0 Å². The first-order valence-corrected chi connectivity index (χ1v) is 8.39. The third-order valence-electron chi connectivity index (χ3n) is 5.33. The maximum Gasteiger partial charge on any atom is 0.224 e. The molecule has 2 aliphatic heterocycles. The van der Waals surface area contributed by atoms with Crippen LogP contribution in [0.1, 0.15) is 39.0 Å². The molecule has 0 aromatic rings. The summed E-state index contributed by atoms with van der Waals surface area (Å²) < 4.78 is 11.8. The van der Waals surface area contributed by atoms with Crippen LogP contribution in [0.4, 0.5) is 0 Å². The van der Waals surface area contributed by atoms with Gasteiger partial charge in [0.1, 0.15) is 0 Å². The Morgan fingerprint density at radius 2 is 2.14 bits per heavy atom. The summed E-state index contributed by atoms with van der Waals surface area (Å²) in [5, 5.41) is 3.05. The Morgan fingerprint density at radius 1 is 1.38 bits per heavy atom. The van der Waals surface area contributed by atoms with E-state index in [1.54, 1.807) is 0 Å². The molecule has 2 unspecified atom stereocenters. The summed E-state index contributed by atoms with van der Waals surface area (Å²) >= 11 is 0. The molecule has 3 rings (SSSR count). The first-order chi connectivity index (χ1) is 10.1. The van der Waals surface area contributed by atoms with E-state index in [0.717, 1.165) is 45.2 Å². The highest BCUT2D eigenvalue weighted by Gasteiger charge is 2.49. The molecule has 21 heavy (non-hydrogen) atoms. The number of likely N-dealkylation sites (tertiary alicyclic amines) is 1. The van der Waals surface area contributed by atoms with E-state index in [4.69, 9.17) is 9.47 Å². The Labute approximate surface area is 127 Å². The molecule has 1 N–H and O–H groups in total. The second kappa shape index (κ2) is 6.23. The molecule has 1 saturated carbocycles. The lowest BCUT2D eigenvalue weighted by Crippen LogP contribution is -2.55. The highest BCUT2D eigenvalue weighted by Crippen LogP contribution is 2.44. The Morgan fingerprint density at radius 3 is 2.86 bits per heavy atom. The van der Waals surface area contributed by atoms with Crippen LogP contribution >= 0.6 is 0 Å². The SMILES string of the molecule is CCCNC(=O)[C@@H]1CC2CC3(CCC2N(C)C1)OCCO3. The van der Waals surface area contributed by atoms with E-state index in [9.17, 15) is 4.79 Å². The molecule has 3 aliphatic rings. The maximum absolute atomic E-state index is 12.3. The largest absolute Gasteiger partial charge is 0.356 e. The van der Waals surface area contributed by atoms with Crippen LogP contribution in [0.2, 0.25) is 0 Å². The van der Waals surface area contributed by atoms with E-state index >= 15 is 0 Å². The molecule has 1 spiro atoms. The lowest BCUT2D eigenvalue weighted by molar-refractivity contribution is -0.202. The summed E-state index contributed by atoms with van der Waals surface area (Å²) in [7, 11) is 2.16. The topological polar surface area (TPSA) is 50.8 Å². The van der Waals surface area contributed by atoms with Crippen LogP contribution in [0.25, 0.3) is 0 Å². The number of fused-ring (bicyclic) bond motifs is 1. The fourth-order valence-electron chi connectivity index (χ4n) is 4.33. The number of piperidine rings is 1. The van der Waals surface area contributed by atoms with Gasteiger partial charge in [-0.25, -0.2) is 0 Å². The molecule has 3 atom stereocenters. The van der Waals surface area contributed by atoms with E-state index in [1.807, 2.05) is 0 Å². The van der Waals surface area contributed by atoms with Crippen LogP contribution in [-0.4, -0.2) is 56.0 Å². The number of carbonyl (C=O) groups is 1. The summed E-state index contributed by atoms with van der Waals surface area (Å²) in [6.45, 7) is 5.18. The summed E-state index contributed by atoms with van der Waals surface area (Å²) in [5.41, 5.74) is 0. The number of amides is 1. The average Bonchev–Trinajstić information content (AvgIpc) is 2.92. The Balaban J connectivity index is 1.64. The van der Waals surface area contributed by atoms with Gasteiger partial charge in [0.05, 0.1) is 19.1 Å². The summed E-state index contributed by atoms with van der Waals surface area (Å²) in [6, 6.07) is 0.582. The summed E-state index contributed by atoms with van der Waals surface area (Å²) in [4.78, 5) is 14.7. The average molecular weight is 296 g/mol. The summed E-state index contributed by atoms with van der Waals surface area (Å²) in [5.74, 6) is 0.492. The van der Waals surface area contributed by atoms with Gasteiger partial charge >= 0.3 is 0 Å². The van der Waals surface area contributed by atoms with Crippen molar-refractivity contribution in [1.29, 1.82) is 0 Å². The molecular weight excluding hydrogens is 268 g/mol. The van der Waals surface area contributed by atoms with E-state index in [1.165, 1.54) is 0 Å². The number of hydrogen-bond acceptors (Lipinski definition) is 4.